The van der Waals surface area contributed by atoms with E-state index in [4.69, 9.17) is 9.47 Å². The Balaban J connectivity index is 1.36. The van der Waals surface area contributed by atoms with E-state index in [0.29, 0.717) is 26.1 Å². The van der Waals surface area contributed by atoms with Crippen molar-refractivity contribution < 1.29 is 19.1 Å². The van der Waals surface area contributed by atoms with E-state index < -0.39 is 5.60 Å². The first-order chi connectivity index (χ1) is 14.3. The van der Waals surface area contributed by atoms with Crippen molar-refractivity contribution in [3.63, 3.8) is 0 Å². The van der Waals surface area contributed by atoms with Crippen LogP contribution in [0.4, 0.5) is 0 Å². The quantitative estimate of drug-likeness (QED) is 0.744. The number of carbonyl (C=O) groups is 2. The Bertz CT molecular complexity index is 806. The summed E-state index contributed by atoms with van der Waals surface area (Å²) in [6.45, 7) is 7.67. The van der Waals surface area contributed by atoms with Crippen LogP contribution in [-0.2, 0) is 31.9 Å². The lowest BCUT2D eigenvalue weighted by Gasteiger charge is -2.29. The fourth-order valence-corrected chi connectivity index (χ4v) is 5.46. The molecule has 0 unspecified atom stereocenters. The molecule has 3 heterocycles. The number of carbonyl (C=O) groups excluding carboxylic acids is 2. The molecule has 2 amide bonds. The zero-order valence-corrected chi connectivity index (χ0v) is 18.6. The topological polar surface area (TPSA) is 67.9 Å². The van der Waals surface area contributed by atoms with E-state index in [9.17, 15) is 9.59 Å². The molecule has 1 aromatic rings. The van der Waals surface area contributed by atoms with Gasteiger partial charge in [0.05, 0.1) is 24.7 Å². The molecular weight excluding hydrogens is 380 g/mol. The molecule has 1 N–H and O–H groups in total. The summed E-state index contributed by atoms with van der Waals surface area (Å²) in [5.41, 5.74) is 1.24. The molecular formula is C24H34N2O4. The predicted octanol–water partition coefficient (Wildman–Crippen LogP) is 2.34. The lowest BCUT2D eigenvalue weighted by molar-refractivity contribution is -0.151. The Hall–Kier alpha value is -1.92. The van der Waals surface area contributed by atoms with Crippen molar-refractivity contribution in [3.8, 4) is 0 Å². The minimum Gasteiger partial charge on any atom is -0.369 e. The molecule has 0 aromatic heterocycles. The van der Waals surface area contributed by atoms with Crippen molar-refractivity contribution in [1.29, 1.82) is 0 Å². The van der Waals surface area contributed by atoms with Gasteiger partial charge < -0.3 is 19.7 Å². The molecule has 6 heteroatoms. The third-order valence-electron chi connectivity index (χ3n) is 7.43. The highest BCUT2D eigenvalue weighted by Crippen LogP contribution is 2.54. The molecule has 6 nitrogen and oxygen atoms in total. The highest BCUT2D eigenvalue weighted by Gasteiger charge is 2.64. The molecule has 30 heavy (non-hydrogen) atoms. The molecule has 2 bridgehead atoms. The van der Waals surface area contributed by atoms with E-state index >= 15 is 0 Å². The minimum absolute atomic E-state index is 0.0131. The average Bonchev–Trinajstić information content (AvgIpc) is 3.40. The van der Waals surface area contributed by atoms with Crippen LogP contribution in [-0.4, -0.2) is 60.8 Å². The van der Waals surface area contributed by atoms with Crippen LogP contribution in [0.3, 0.4) is 0 Å². The number of hydrogen-bond acceptors (Lipinski definition) is 4. The molecule has 0 radical (unpaired) electrons. The fourth-order valence-electron chi connectivity index (χ4n) is 5.46. The molecule has 4 rings (SSSR count). The summed E-state index contributed by atoms with van der Waals surface area (Å²) in [6, 6.07) is 8.24. The van der Waals surface area contributed by atoms with Crippen molar-refractivity contribution in [2.45, 2.75) is 63.8 Å². The summed E-state index contributed by atoms with van der Waals surface area (Å²) in [5, 5.41) is 3.13. The Labute approximate surface area is 179 Å². The number of nitrogens with one attached hydrogen (secondary N) is 1. The van der Waals surface area contributed by atoms with Gasteiger partial charge in [0.2, 0.25) is 5.91 Å². The molecule has 164 valence electrons. The number of nitrogens with zero attached hydrogens (tertiary/aromatic N) is 1. The number of methoxy groups -OCH3 is 1. The molecule has 4 atom stereocenters. The highest BCUT2D eigenvalue weighted by molar-refractivity contribution is 5.85. The second-order valence-corrected chi connectivity index (χ2v) is 9.58. The average molecular weight is 415 g/mol. The summed E-state index contributed by atoms with van der Waals surface area (Å²) >= 11 is 0. The molecule has 3 aliphatic heterocycles. The second-order valence-electron chi connectivity index (χ2n) is 9.58. The van der Waals surface area contributed by atoms with E-state index in [-0.39, 0.29) is 35.4 Å². The summed E-state index contributed by atoms with van der Waals surface area (Å²) < 4.78 is 11.8. The van der Waals surface area contributed by atoms with E-state index in [1.54, 1.807) is 7.11 Å². The summed E-state index contributed by atoms with van der Waals surface area (Å²) in [5.74, 6) is 0.590. The molecule has 3 saturated heterocycles. The lowest BCUT2D eigenvalue weighted by atomic mass is 9.73. The van der Waals surface area contributed by atoms with Crippen LogP contribution in [0, 0.1) is 11.8 Å². The maximum atomic E-state index is 12.9. The van der Waals surface area contributed by atoms with Gasteiger partial charge in [0.15, 0.2) is 0 Å². The van der Waals surface area contributed by atoms with Crippen LogP contribution in [0.5, 0.6) is 0 Å². The van der Waals surface area contributed by atoms with Gasteiger partial charge in [0, 0.05) is 32.0 Å². The lowest BCUT2D eigenvalue weighted by Crippen LogP contribution is -2.47. The zero-order chi connectivity index (χ0) is 21.5. The zero-order valence-electron chi connectivity index (χ0n) is 18.6. The number of benzene rings is 1. The number of amides is 2. The Morgan fingerprint density at radius 3 is 2.63 bits per heavy atom. The molecule has 1 spiro atoms. The molecule has 1 aromatic carbocycles. The molecule has 0 aliphatic carbocycles. The molecule has 0 saturated carbocycles. The highest BCUT2D eigenvalue weighted by atomic mass is 16.5. The Morgan fingerprint density at radius 1 is 1.27 bits per heavy atom. The van der Waals surface area contributed by atoms with Crippen LogP contribution >= 0.6 is 0 Å². The van der Waals surface area contributed by atoms with Gasteiger partial charge in [0.25, 0.3) is 5.91 Å². The first kappa shape index (κ1) is 21.3. The standard InChI is InChI=1S/C24H34N2O4/c1-5-16-6-8-17(9-7-16)12-21(27)25-13-18-19-14-26(22(28)23(2,3)29-4)15-24(19)11-10-20(18)30-24/h6-9,18-20H,5,10-15H2,1-4H3,(H,25,27)/t18-,19+,20+,24+/m0/s1. The maximum Gasteiger partial charge on any atom is 0.254 e. The smallest absolute Gasteiger partial charge is 0.254 e. The Kier molecular flexibility index (Phi) is 5.66. The van der Waals surface area contributed by atoms with Crippen LogP contribution < -0.4 is 5.32 Å². The first-order valence-electron chi connectivity index (χ1n) is 11.1. The number of likely N-dealkylation sites (tertiary alicyclic amines) is 1. The predicted molar refractivity (Wildman–Crippen MR) is 114 cm³/mol. The number of fused-ring (bicyclic) bond motifs is 1. The number of rotatable bonds is 7. The van der Waals surface area contributed by atoms with Gasteiger partial charge >= 0.3 is 0 Å². The van der Waals surface area contributed by atoms with Gasteiger partial charge in [-0.1, -0.05) is 31.2 Å². The van der Waals surface area contributed by atoms with E-state index in [0.717, 1.165) is 24.8 Å². The van der Waals surface area contributed by atoms with Crippen LogP contribution in [0.2, 0.25) is 0 Å². The van der Waals surface area contributed by atoms with Crippen LogP contribution in [0.1, 0.15) is 44.7 Å². The summed E-state index contributed by atoms with van der Waals surface area (Å²) in [7, 11) is 1.57. The summed E-state index contributed by atoms with van der Waals surface area (Å²) in [4.78, 5) is 27.3. The fraction of sp³-hybridized carbons (Fsp3) is 0.667. The van der Waals surface area contributed by atoms with Crippen molar-refractivity contribution in [1.82, 2.24) is 10.2 Å². The SMILES string of the molecule is CCc1ccc(CC(=O)NC[C@H]2[C@H]3CN(C(=O)C(C)(C)OC)C[C@]34CC[C@H]2O4)cc1. The largest absolute Gasteiger partial charge is 0.369 e. The van der Waals surface area contributed by atoms with Gasteiger partial charge in [-0.25, -0.2) is 0 Å². The molecule has 3 fully saturated rings. The van der Waals surface area contributed by atoms with Gasteiger partial charge in [0.1, 0.15) is 5.60 Å². The van der Waals surface area contributed by atoms with E-state index in [1.165, 1.54) is 5.56 Å². The van der Waals surface area contributed by atoms with Crippen LogP contribution in [0.15, 0.2) is 24.3 Å². The van der Waals surface area contributed by atoms with E-state index in [2.05, 4.69) is 24.4 Å². The van der Waals surface area contributed by atoms with Gasteiger partial charge in [-0.3, -0.25) is 9.59 Å². The summed E-state index contributed by atoms with van der Waals surface area (Å²) in [6.07, 6.45) is 3.58. The first-order valence-corrected chi connectivity index (χ1v) is 11.1. The normalized spacial score (nSPS) is 29.9. The second kappa shape index (κ2) is 7.97. The Morgan fingerprint density at radius 2 is 1.97 bits per heavy atom. The van der Waals surface area contributed by atoms with Gasteiger partial charge in [-0.2, -0.15) is 0 Å². The maximum absolute atomic E-state index is 12.9. The van der Waals surface area contributed by atoms with Crippen molar-refractivity contribution in [3.05, 3.63) is 35.4 Å². The van der Waals surface area contributed by atoms with Crippen molar-refractivity contribution >= 4 is 11.8 Å². The van der Waals surface area contributed by atoms with Crippen molar-refractivity contribution in [2.75, 3.05) is 26.7 Å². The van der Waals surface area contributed by atoms with Gasteiger partial charge in [-0.05, 0) is 44.2 Å². The monoisotopic (exact) mass is 414 g/mol. The van der Waals surface area contributed by atoms with Gasteiger partial charge in [-0.15, -0.1) is 0 Å². The minimum atomic E-state index is -0.829. The molecule has 3 aliphatic rings. The number of hydrogen-bond donors (Lipinski definition) is 1. The third kappa shape index (κ3) is 3.76. The third-order valence-corrected chi connectivity index (χ3v) is 7.43. The van der Waals surface area contributed by atoms with E-state index in [1.807, 2.05) is 30.9 Å². The number of aryl methyl sites for hydroxylation is 1. The van der Waals surface area contributed by atoms with Crippen molar-refractivity contribution in [2.24, 2.45) is 11.8 Å². The van der Waals surface area contributed by atoms with Crippen LogP contribution in [0.25, 0.3) is 0 Å². The number of ether oxygens (including phenoxy) is 2.